The van der Waals surface area contributed by atoms with Crippen LogP contribution in [0.3, 0.4) is 0 Å². The Balaban J connectivity index is 1.40. The largest absolute Gasteiger partial charge is 0.493 e. The highest BCUT2D eigenvalue weighted by atomic mass is 16.5. The van der Waals surface area contributed by atoms with Crippen LogP contribution < -0.4 is 16.0 Å². The number of allylic oxidation sites excluding steroid dienone is 2. The molecule has 1 heterocycles. The molecule has 152 valence electrons. The predicted octanol–water partition coefficient (Wildman–Crippen LogP) is 2.60. The lowest BCUT2D eigenvalue weighted by atomic mass is 9.95. The van der Waals surface area contributed by atoms with Gasteiger partial charge in [-0.25, -0.2) is 4.79 Å². The molecule has 1 aromatic carbocycles. The second-order valence-electron chi connectivity index (χ2n) is 7.77. The Labute approximate surface area is 168 Å². The van der Waals surface area contributed by atoms with Crippen LogP contribution in [0.4, 0.5) is 0 Å². The van der Waals surface area contributed by atoms with Crippen molar-refractivity contribution in [3.05, 3.63) is 74.6 Å². The van der Waals surface area contributed by atoms with Crippen molar-refractivity contribution in [1.82, 2.24) is 14.9 Å². The number of aromatic nitrogens is 2. The van der Waals surface area contributed by atoms with Gasteiger partial charge in [0.25, 0.3) is 11.5 Å². The van der Waals surface area contributed by atoms with Crippen LogP contribution >= 0.6 is 0 Å². The van der Waals surface area contributed by atoms with Crippen molar-refractivity contribution in [3.63, 3.8) is 0 Å². The Morgan fingerprint density at radius 2 is 1.86 bits per heavy atom. The fourth-order valence-corrected chi connectivity index (χ4v) is 3.60. The quantitative estimate of drug-likeness (QED) is 0.705. The zero-order valence-corrected chi connectivity index (χ0v) is 16.2. The van der Waals surface area contributed by atoms with E-state index in [1.165, 1.54) is 0 Å². The Bertz CT molecular complexity index is 973. The summed E-state index contributed by atoms with van der Waals surface area (Å²) in [5, 5.41) is 0. The minimum absolute atomic E-state index is 0.0205. The molecule has 1 fully saturated rings. The van der Waals surface area contributed by atoms with Gasteiger partial charge in [0, 0.05) is 18.7 Å². The fourth-order valence-electron chi connectivity index (χ4n) is 3.60. The lowest BCUT2D eigenvalue weighted by molar-refractivity contribution is 0.0723. The van der Waals surface area contributed by atoms with Crippen LogP contribution in [0.1, 0.15) is 48.2 Å². The van der Waals surface area contributed by atoms with Gasteiger partial charge in [-0.3, -0.25) is 14.6 Å². The zero-order chi connectivity index (χ0) is 20.2. The molecule has 1 saturated carbocycles. The van der Waals surface area contributed by atoms with Crippen molar-refractivity contribution in [1.29, 1.82) is 0 Å². The number of nitrogens with zero attached hydrogens (tertiary/aromatic N) is 1. The Kier molecular flexibility index (Phi) is 5.64. The lowest BCUT2D eigenvalue weighted by Crippen LogP contribution is -2.36. The molecule has 1 unspecified atom stereocenters. The van der Waals surface area contributed by atoms with Gasteiger partial charge in [-0.05, 0) is 55.7 Å². The molecule has 2 aliphatic carbocycles. The maximum absolute atomic E-state index is 12.9. The standard InChI is InChI=1S/C22H25N3O4/c26-20-12-19(23-22(28)24-20)21(27)25(17-8-9-17)13-15-6-10-18(11-7-15)29-14-16-4-2-1-3-5-16/h1-2,6-7,10-12,16-17H,3-5,8-9,13-14H2,(H2,23,24,26,28). The number of hydrogen-bond acceptors (Lipinski definition) is 4. The summed E-state index contributed by atoms with van der Waals surface area (Å²) in [7, 11) is 0. The van der Waals surface area contributed by atoms with E-state index in [9.17, 15) is 14.4 Å². The molecule has 0 bridgehead atoms. The molecule has 2 aromatic rings. The molecular weight excluding hydrogens is 370 g/mol. The summed E-state index contributed by atoms with van der Waals surface area (Å²) in [5.74, 6) is 1.06. The summed E-state index contributed by atoms with van der Waals surface area (Å²) in [4.78, 5) is 42.1. The van der Waals surface area contributed by atoms with Gasteiger partial charge in [-0.2, -0.15) is 0 Å². The van der Waals surface area contributed by atoms with E-state index in [1.54, 1.807) is 4.90 Å². The van der Waals surface area contributed by atoms with Crippen molar-refractivity contribution in [3.8, 4) is 5.75 Å². The first-order chi connectivity index (χ1) is 14.1. The van der Waals surface area contributed by atoms with E-state index >= 15 is 0 Å². The number of ether oxygens (including phenoxy) is 1. The zero-order valence-electron chi connectivity index (χ0n) is 16.2. The van der Waals surface area contributed by atoms with Gasteiger partial charge in [0.05, 0.1) is 6.61 Å². The van der Waals surface area contributed by atoms with Gasteiger partial charge in [0.2, 0.25) is 0 Å². The van der Waals surface area contributed by atoms with E-state index in [0.717, 1.165) is 49.5 Å². The third-order valence-corrected chi connectivity index (χ3v) is 5.38. The number of H-pyrrole nitrogens is 2. The normalized spacial score (nSPS) is 18.4. The van der Waals surface area contributed by atoms with Crippen LogP contribution in [0.2, 0.25) is 0 Å². The number of carbonyl (C=O) groups excluding carboxylic acids is 1. The smallest absolute Gasteiger partial charge is 0.326 e. The van der Waals surface area contributed by atoms with Crippen molar-refractivity contribution < 1.29 is 9.53 Å². The minimum Gasteiger partial charge on any atom is -0.493 e. The minimum atomic E-state index is -0.674. The molecule has 29 heavy (non-hydrogen) atoms. The van der Waals surface area contributed by atoms with E-state index in [4.69, 9.17) is 4.74 Å². The van der Waals surface area contributed by atoms with Gasteiger partial charge in [0.1, 0.15) is 11.4 Å². The molecule has 7 heteroatoms. The van der Waals surface area contributed by atoms with Crippen LogP contribution in [0.15, 0.2) is 52.1 Å². The molecular formula is C22H25N3O4. The number of carbonyl (C=O) groups is 1. The van der Waals surface area contributed by atoms with E-state index in [1.807, 2.05) is 24.3 Å². The van der Waals surface area contributed by atoms with Crippen molar-refractivity contribution in [2.24, 2.45) is 5.92 Å². The Morgan fingerprint density at radius 3 is 2.52 bits per heavy atom. The number of rotatable bonds is 7. The number of hydrogen-bond donors (Lipinski definition) is 2. The number of amides is 1. The van der Waals surface area contributed by atoms with Gasteiger partial charge in [0.15, 0.2) is 0 Å². The molecule has 1 atom stereocenters. The maximum atomic E-state index is 12.9. The van der Waals surface area contributed by atoms with Crippen molar-refractivity contribution >= 4 is 5.91 Å². The average Bonchev–Trinajstić information content (AvgIpc) is 3.56. The molecule has 2 N–H and O–H groups in total. The van der Waals surface area contributed by atoms with Gasteiger partial charge in [-0.15, -0.1) is 0 Å². The van der Waals surface area contributed by atoms with Crippen LogP contribution in [0.5, 0.6) is 5.75 Å². The summed E-state index contributed by atoms with van der Waals surface area (Å²) < 4.78 is 5.92. The van der Waals surface area contributed by atoms with Crippen LogP contribution in [-0.2, 0) is 6.54 Å². The summed E-state index contributed by atoms with van der Waals surface area (Å²) in [6.07, 6.45) is 9.65. The molecule has 7 nitrogen and oxygen atoms in total. The monoisotopic (exact) mass is 395 g/mol. The van der Waals surface area contributed by atoms with E-state index in [2.05, 4.69) is 22.1 Å². The molecule has 0 spiro atoms. The number of aromatic amines is 2. The van der Waals surface area contributed by atoms with Crippen molar-refractivity contribution in [2.75, 3.05) is 6.61 Å². The second-order valence-corrected chi connectivity index (χ2v) is 7.77. The van der Waals surface area contributed by atoms with Gasteiger partial charge >= 0.3 is 5.69 Å². The van der Waals surface area contributed by atoms with E-state index in [0.29, 0.717) is 19.1 Å². The van der Waals surface area contributed by atoms with Crippen LogP contribution in [0.25, 0.3) is 0 Å². The molecule has 0 aliphatic heterocycles. The highest BCUT2D eigenvalue weighted by molar-refractivity contribution is 5.92. The molecule has 0 radical (unpaired) electrons. The summed E-state index contributed by atoms with van der Waals surface area (Å²) in [6, 6.07) is 9.05. The third-order valence-electron chi connectivity index (χ3n) is 5.38. The second kappa shape index (κ2) is 8.51. The first-order valence-corrected chi connectivity index (χ1v) is 10.1. The number of nitrogens with one attached hydrogen (secondary N) is 2. The van der Waals surface area contributed by atoms with E-state index in [-0.39, 0.29) is 17.6 Å². The average molecular weight is 395 g/mol. The number of benzene rings is 1. The lowest BCUT2D eigenvalue weighted by Gasteiger charge is -2.22. The predicted molar refractivity (Wildman–Crippen MR) is 109 cm³/mol. The molecule has 1 aromatic heterocycles. The van der Waals surface area contributed by atoms with Crippen LogP contribution in [0, 0.1) is 5.92 Å². The highest BCUT2D eigenvalue weighted by Gasteiger charge is 2.33. The van der Waals surface area contributed by atoms with E-state index < -0.39 is 11.2 Å². The fraction of sp³-hybridized carbons (Fsp3) is 0.409. The molecule has 1 amide bonds. The summed E-state index contributed by atoms with van der Waals surface area (Å²) in [5.41, 5.74) is -0.258. The highest BCUT2D eigenvalue weighted by Crippen LogP contribution is 2.30. The third kappa shape index (κ3) is 5.04. The SMILES string of the molecule is O=C(c1cc(=O)[nH]c(=O)[nH]1)N(Cc1ccc(OCC2CC=CCC2)cc1)C1CC1. The molecule has 4 rings (SSSR count). The summed E-state index contributed by atoms with van der Waals surface area (Å²) >= 11 is 0. The summed E-state index contributed by atoms with van der Waals surface area (Å²) in [6.45, 7) is 1.14. The Hall–Kier alpha value is -3.09. The first-order valence-electron chi connectivity index (χ1n) is 10.1. The molecule has 0 saturated heterocycles. The maximum Gasteiger partial charge on any atom is 0.326 e. The van der Waals surface area contributed by atoms with Gasteiger partial charge in [-0.1, -0.05) is 24.3 Å². The van der Waals surface area contributed by atoms with Gasteiger partial charge < -0.3 is 14.6 Å². The topological polar surface area (TPSA) is 95.3 Å². The Morgan fingerprint density at radius 1 is 1.07 bits per heavy atom. The molecule has 2 aliphatic rings. The van der Waals surface area contributed by atoms with Crippen LogP contribution in [-0.4, -0.2) is 33.4 Å². The first kappa shape index (κ1) is 19.2. The van der Waals surface area contributed by atoms with Crippen molar-refractivity contribution in [2.45, 2.75) is 44.7 Å².